The lowest BCUT2D eigenvalue weighted by Gasteiger charge is -2.28. The van der Waals surface area contributed by atoms with Crippen LogP contribution in [0.3, 0.4) is 0 Å². The summed E-state index contributed by atoms with van der Waals surface area (Å²) in [4.78, 5) is 16.6. The van der Waals surface area contributed by atoms with Crippen LogP contribution in [0, 0.1) is 5.82 Å². The van der Waals surface area contributed by atoms with Crippen LogP contribution in [0.25, 0.3) is 16.6 Å². The molecule has 0 saturated heterocycles. The number of halogens is 1. The van der Waals surface area contributed by atoms with E-state index in [-0.39, 0.29) is 11.4 Å². The van der Waals surface area contributed by atoms with Crippen molar-refractivity contribution in [1.29, 1.82) is 0 Å². The van der Waals surface area contributed by atoms with E-state index < -0.39 is 0 Å². The highest BCUT2D eigenvalue weighted by atomic mass is 19.1. The minimum atomic E-state index is -0.271. The van der Waals surface area contributed by atoms with Crippen molar-refractivity contribution < 1.29 is 4.39 Å². The van der Waals surface area contributed by atoms with Crippen LogP contribution >= 0.6 is 0 Å². The second-order valence-corrected chi connectivity index (χ2v) is 5.73. The molecule has 0 aliphatic heterocycles. The highest BCUT2D eigenvalue weighted by molar-refractivity contribution is 5.80. The van der Waals surface area contributed by atoms with Gasteiger partial charge in [-0.25, -0.2) is 4.39 Å². The fourth-order valence-electron chi connectivity index (χ4n) is 2.99. The van der Waals surface area contributed by atoms with Gasteiger partial charge in [-0.2, -0.15) is 4.98 Å². The van der Waals surface area contributed by atoms with Gasteiger partial charge < -0.3 is 0 Å². The Labute approximate surface area is 127 Å². The molecule has 0 bridgehead atoms. The summed E-state index contributed by atoms with van der Waals surface area (Å²) in [5.74, 6) is 0.830. The maximum absolute atomic E-state index is 13.2. The van der Waals surface area contributed by atoms with Crippen molar-refractivity contribution in [3.05, 3.63) is 70.5 Å². The Morgan fingerprint density at radius 1 is 1.05 bits per heavy atom. The van der Waals surface area contributed by atoms with Crippen molar-refractivity contribution >= 4 is 10.9 Å². The summed E-state index contributed by atoms with van der Waals surface area (Å²) in [6, 6.07) is 13.8. The number of aromatic nitrogens is 2. The topological polar surface area (TPSA) is 34.9 Å². The Kier molecular flexibility index (Phi) is 3.03. The molecule has 1 aliphatic carbocycles. The van der Waals surface area contributed by atoms with Crippen LogP contribution in [0.4, 0.5) is 4.39 Å². The zero-order chi connectivity index (χ0) is 15.1. The Morgan fingerprint density at radius 2 is 1.77 bits per heavy atom. The summed E-state index contributed by atoms with van der Waals surface area (Å²) in [5.41, 5.74) is 1.49. The number of para-hydroxylation sites is 1. The minimum absolute atomic E-state index is 0.184. The fraction of sp³-hybridized carbons (Fsp3) is 0.222. The lowest BCUT2D eigenvalue weighted by molar-refractivity contribution is 0.395. The SMILES string of the molecule is O=c1nc(C2CCC2)n(-c2ccc(F)cc2)c2ccccc12. The van der Waals surface area contributed by atoms with Crippen LogP contribution in [-0.2, 0) is 0 Å². The van der Waals surface area contributed by atoms with Crippen molar-refractivity contribution in [1.82, 2.24) is 9.55 Å². The third kappa shape index (κ3) is 2.03. The molecule has 0 atom stereocenters. The van der Waals surface area contributed by atoms with Gasteiger partial charge in [0, 0.05) is 11.6 Å². The average molecular weight is 294 g/mol. The van der Waals surface area contributed by atoms with E-state index >= 15 is 0 Å². The van der Waals surface area contributed by atoms with E-state index in [9.17, 15) is 9.18 Å². The Morgan fingerprint density at radius 3 is 2.45 bits per heavy atom. The predicted octanol–water partition coefficient (Wildman–Crippen LogP) is 3.79. The molecule has 1 heterocycles. The van der Waals surface area contributed by atoms with Crippen molar-refractivity contribution in [2.24, 2.45) is 0 Å². The van der Waals surface area contributed by atoms with Crippen LogP contribution in [0.1, 0.15) is 31.0 Å². The van der Waals surface area contributed by atoms with E-state index in [1.54, 1.807) is 18.2 Å². The molecule has 0 radical (unpaired) electrons. The summed E-state index contributed by atoms with van der Waals surface area (Å²) in [6.07, 6.45) is 3.26. The Hall–Kier alpha value is -2.49. The molecule has 22 heavy (non-hydrogen) atoms. The number of fused-ring (bicyclic) bond motifs is 1. The Bertz CT molecular complexity index is 895. The third-order valence-electron chi connectivity index (χ3n) is 4.38. The van der Waals surface area contributed by atoms with Gasteiger partial charge in [0.2, 0.25) is 0 Å². The molecule has 0 amide bonds. The van der Waals surface area contributed by atoms with Crippen LogP contribution in [0.5, 0.6) is 0 Å². The van der Waals surface area contributed by atoms with E-state index in [0.717, 1.165) is 36.3 Å². The number of hydrogen-bond acceptors (Lipinski definition) is 2. The zero-order valence-corrected chi connectivity index (χ0v) is 12.0. The number of nitrogens with zero attached hydrogens (tertiary/aromatic N) is 2. The number of hydrogen-bond donors (Lipinski definition) is 0. The second kappa shape index (κ2) is 5.05. The number of benzene rings is 2. The zero-order valence-electron chi connectivity index (χ0n) is 12.0. The van der Waals surface area contributed by atoms with Crippen molar-refractivity contribution in [3.8, 4) is 5.69 Å². The molecule has 4 heteroatoms. The molecule has 1 aromatic heterocycles. The first-order chi connectivity index (χ1) is 10.7. The molecule has 1 aliphatic rings. The lowest BCUT2D eigenvalue weighted by atomic mass is 9.84. The van der Waals surface area contributed by atoms with Gasteiger partial charge in [0.25, 0.3) is 5.56 Å². The van der Waals surface area contributed by atoms with Gasteiger partial charge in [-0.15, -0.1) is 0 Å². The summed E-state index contributed by atoms with van der Waals surface area (Å²) in [5, 5.41) is 0.592. The quantitative estimate of drug-likeness (QED) is 0.720. The lowest BCUT2D eigenvalue weighted by Crippen LogP contribution is -2.23. The van der Waals surface area contributed by atoms with Gasteiger partial charge in [-0.1, -0.05) is 18.6 Å². The summed E-state index contributed by atoms with van der Waals surface area (Å²) in [7, 11) is 0. The van der Waals surface area contributed by atoms with Crippen LogP contribution < -0.4 is 5.56 Å². The second-order valence-electron chi connectivity index (χ2n) is 5.73. The van der Waals surface area contributed by atoms with Gasteiger partial charge in [0.05, 0.1) is 10.9 Å². The van der Waals surface area contributed by atoms with Gasteiger partial charge in [0.15, 0.2) is 0 Å². The van der Waals surface area contributed by atoms with E-state index in [1.807, 2.05) is 22.8 Å². The molecule has 110 valence electrons. The molecule has 1 fully saturated rings. The summed E-state index contributed by atoms with van der Waals surface area (Å²) >= 11 is 0. The molecule has 0 unspecified atom stereocenters. The standard InChI is InChI=1S/C18H15FN2O/c19-13-8-10-14(11-9-13)21-16-7-2-1-6-15(16)18(22)20-17(21)12-4-3-5-12/h1-2,6-12H,3-5H2. The van der Waals surface area contributed by atoms with Crippen LogP contribution in [0.15, 0.2) is 53.3 Å². The summed E-state index contributed by atoms with van der Waals surface area (Å²) in [6.45, 7) is 0. The van der Waals surface area contributed by atoms with Gasteiger partial charge in [-0.05, 0) is 49.2 Å². The molecular formula is C18H15FN2O. The number of rotatable bonds is 2. The van der Waals surface area contributed by atoms with Gasteiger partial charge in [0.1, 0.15) is 11.6 Å². The van der Waals surface area contributed by atoms with Crippen molar-refractivity contribution in [2.75, 3.05) is 0 Å². The van der Waals surface area contributed by atoms with Crippen LogP contribution in [0.2, 0.25) is 0 Å². The highest BCUT2D eigenvalue weighted by Gasteiger charge is 2.26. The summed E-state index contributed by atoms with van der Waals surface area (Å²) < 4.78 is 15.2. The van der Waals surface area contributed by atoms with Crippen molar-refractivity contribution in [2.45, 2.75) is 25.2 Å². The van der Waals surface area contributed by atoms with E-state index in [4.69, 9.17) is 0 Å². The first-order valence-corrected chi connectivity index (χ1v) is 7.52. The highest BCUT2D eigenvalue weighted by Crippen LogP contribution is 2.36. The first-order valence-electron chi connectivity index (χ1n) is 7.52. The maximum atomic E-state index is 13.2. The normalized spacial score (nSPS) is 15.0. The molecular weight excluding hydrogens is 279 g/mol. The van der Waals surface area contributed by atoms with Gasteiger partial charge in [-0.3, -0.25) is 9.36 Å². The van der Waals surface area contributed by atoms with Crippen LogP contribution in [-0.4, -0.2) is 9.55 Å². The molecule has 3 aromatic rings. The molecule has 2 aromatic carbocycles. The van der Waals surface area contributed by atoms with E-state index in [1.165, 1.54) is 12.1 Å². The van der Waals surface area contributed by atoms with Gasteiger partial charge >= 0.3 is 0 Å². The smallest absolute Gasteiger partial charge is 0.280 e. The largest absolute Gasteiger partial charge is 0.297 e. The molecule has 4 rings (SSSR count). The monoisotopic (exact) mass is 294 g/mol. The third-order valence-corrected chi connectivity index (χ3v) is 4.38. The minimum Gasteiger partial charge on any atom is -0.297 e. The first kappa shape index (κ1) is 13.2. The van der Waals surface area contributed by atoms with E-state index in [0.29, 0.717) is 11.3 Å². The fourth-order valence-corrected chi connectivity index (χ4v) is 2.99. The molecule has 0 N–H and O–H groups in total. The van der Waals surface area contributed by atoms with Crippen molar-refractivity contribution in [3.63, 3.8) is 0 Å². The predicted molar refractivity (Wildman–Crippen MR) is 83.9 cm³/mol. The Balaban J connectivity index is 2.06. The molecule has 1 saturated carbocycles. The molecule has 0 spiro atoms. The maximum Gasteiger partial charge on any atom is 0.280 e. The average Bonchev–Trinajstić information content (AvgIpc) is 2.47. The van der Waals surface area contributed by atoms with E-state index in [2.05, 4.69) is 4.98 Å². The molecule has 3 nitrogen and oxygen atoms in total.